The Morgan fingerprint density at radius 2 is 1.85 bits per heavy atom. The SMILES string of the molecule is Cc1ccoc1C(=O)Nc1cccc(C#Cc2cncc(C(=O)N=[SH]3(O)CCN(C(=O)NCC(=O)O)CC3)c2)c1. The molecule has 208 valence electrons. The molecule has 0 saturated carbocycles. The van der Waals surface area contributed by atoms with E-state index >= 15 is 0 Å². The normalized spacial score (nSPS) is 14.7. The van der Waals surface area contributed by atoms with Gasteiger partial charge in [0.1, 0.15) is 6.54 Å². The zero-order valence-corrected chi connectivity index (χ0v) is 22.4. The van der Waals surface area contributed by atoms with E-state index in [0.717, 1.165) is 5.56 Å². The first-order valence-corrected chi connectivity index (χ1v) is 14.2. The van der Waals surface area contributed by atoms with Gasteiger partial charge in [-0.3, -0.25) is 19.4 Å². The minimum atomic E-state index is -2.98. The number of carboxylic acids is 1. The number of nitrogens with one attached hydrogen (secondary N) is 2. The number of furan rings is 1. The number of hydrogen-bond acceptors (Lipinski definition) is 6. The quantitative estimate of drug-likeness (QED) is 0.232. The van der Waals surface area contributed by atoms with E-state index in [1.165, 1.54) is 29.6 Å². The van der Waals surface area contributed by atoms with Crippen LogP contribution in [0.1, 0.15) is 37.6 Å². The Hall–Kier alpha value is -4.80. The second-order valence-electron chi connectivity index (χ2n) is 8.95. The molecule has 0 atom stereocenters. The molecule has 0 unspecified atom stereocenters. The smallest absolute Gasteiger partial charge is 0.323 e. The number of carboxylic acid groups (broad SMARTS) is 1. The first kappa shape index (κ1) is 28.2. The monoisotopic (exact) mass is 565 g/mol. The third kappa shape index (κ3) is 7.40. The van der Waals surface area contributed by atoms with E-state index in [0.29, 0.717) is 16.8 Å². The Labute approximate surface area is 230 Å². The number of hydrogen-bond donors (Lipinski definition) is 5. The van der Waals surface area contributed by atoms with Gasteiger partial charge in [0.2, 0.25) is 0 Å². The molecule has 0 spiro atoms. The van der Waals surface area contributed by atoms with Crippen LogP contribution in [0, 0.1) is 18.8 Å². The van der Waals surface area contributed by atoms with Crippen LogP contribution < -0.4 is 10.6 Å². The molecule has 1 saturated heterocycles. The minimum Gasteiger partial charge on any atom is -0.480 e. The van der Waals surface area contributed by atoms with Crippen molar-refractivity contribution >= 4 is 39.6 Å². The van der Waals surface area contributed by atoms with Gasteiger partial charge in [-0.05, 0) is 37.3 Å². The Bertz CT molecular complexity index is 1570. The molecule has 0 aliphatic carbocycles. The summed E-state index contributed by atoms with van der Waals surface area (Å²) in [5.74, 6) is 4.24. The number of nitrogens with zero attached hydrogens (tertiary/aromatic N) is 3. The highest BCUT2D eigenvalue weighted by atomic mass is 32.3. The highest BCUT2D eigenvalue weighted by molar-refractivity contribution is 8.00. The van der Waals surface area contributed by atoms with Crippen molar-refractivity contribution in [3.05, 3.63) is 83.1 Å². The van der Waals surface area contributed by atoms with Crippen LogP contribution in [0.5, 0.6) is 0 Å². The van der Waals surface area contributed by atoms with Crippen molar-refractivity contribution in [1.82, 2.24) is 15.2 Å². The lowest BCUT2D eigenvalue weighted by molar-refractivity contribution is -0.135. The number of pyridine rings is 1. The zero-order chi connectivity index (χ0) is 28.7. The number of amides is 4. The zero-order valence-electron chi connectivity index (χ0n) is 21.5. The van der Waals surface area contributed by atoms with Gasteiger partial charge >= 0.3 is 12.0 Å². The molecule has 0 radical (unpaired) electrons. The molecule has 1 aliphatic heterocycles. The summed E-state index contributed by atoms with van der Waals surface area (Å²) < 4.78 is 20.2. The van der Waals surface area contributed by atoms with Gasteiger partial charge in [0.25, 0.3) is 11.8 Å². The summed E-state index contributed by atoms with van der Waals surface area (Å²) >= 11 is 0. The number of aryl methyl sites for hydroxylation is 1. The molecule has 1 aromatic carbocycles. The Morgan fingerprint density at radius 1 is 1.10 bits per heavy atom. The van der Waals surface area contributed by atoms with Crippen LogP contribution in [-0.4, -0.2) is 74.5 Å². The Kier molecular flexibility index (Phi) is 8.73. The first-order chi connectivity index (χ1) is 19.1. The molecule has 40 heavy (non-hydrogen) atoms. The molecular formula is C27H27N5O7S. The number of rotatable bonds is 5. The second-order valence-corrected chi connectivity index (χ2v) is 11.8. The first-order valence-electron chi connectivity index (χ1n) is 12.2. The third-order valence-electron chi connectivity index (χ3n) is 5.94. The molecule has 3 heterocycles. The summed E-state index contributed by atoms with van der Waals surface area (Å²) in [5, 5.41) is 13.7. The van der Waals surface area contributed by atoms with Crippen molar-refractivity contribution in [2.75, 3.05) is 36.5 Å². The van der Waals surface area contributed by atoms with E-state index in [4.69, 9.17) is 9.52 Å². The van der Waals surface area contributed by atoms with Crippen LogP contribution in [0.4, 0.5) is 10.5 Å². The number of urea groups is 1. The standard InChI is InChI=1S/C27H27N5O7S/c1-18-7-10-39-24(18)26(36)30-22-4-2-3-19(14-22)5-6-20-13-21(16-28-15-20)25(35)31-40(38)11-8-32(9-12-40)27(37)29-17-23(33)34/h2-4,7,10,13-16,40H,8-9,11-12,17H2,1H3,(H,29,37)(H,30,36)(H,33,34)(H,31,35,38). The molecule has 4 rings (SSSR count). The Balaban J connectivity index is 1.41. The molecule has 4 N–H and O–H groups in total. The predicted octanol–water partition coefficient (Wildman–Crippen LogP) is 2.43. The maximum Gasteiger partial charge on any atom is 0.323 e. The highest BCUT2D eigenvalue weighted by Gasteiger charge is 2.25. The Morgan fingerprint density at radius 3 is 2.55 bits per heavy atom. The van der Waals surface area contributed by atoms with Gasteiger partial charge in [-0.15, -0.1) is 0 Å². The van der Waals surface area contributed by atoms with Gasteiger partial charge in [-0.25, -0.2) is 4.79 Å². The number of carbonyl (C=O) groups is 4. The average molecular weight is 566 g/mol. The van der Waals surface area contributed by atoms with E-state index in [-0.39, 0.29) is 41.8 Å². The molecule has 4 amide bonds. The number of aliphatic carboxylic acids is 1. The molecule has 0 bridgehead atoms. The lowest BCUT2D eigenvalue weighted by atomic mass is 10.1. The van der Waals surface area contributed by atoms with Gasteiger partial charge in [0.15, 0.2) is 5.76 Å². The fourth-order valence-corrected chi connectivity index (χ4v) is 5.82. The highest BCUT2D eigenvalue weighted by Crippen LogP contribution is 2.17. The molecule has 12 nitrogen and oxygen atoms in total. The molecule has 2 aromatic heterocycles. The van der Waals surface area contributed by atoms with E-state index < -0.39 is 34.6 Å². The van der Waals surface area contributed by atoms with Gasteiger partial charge in [0.05, 0.1) is 11.8 Å². The summed E-state index contributed by atoms with van der Waals surface area (Å²) in [7, 11) is -2.98. The van der Waals surface area contributed by atoms with E-state index in [1.807, 2.05) is 0 Å². The van der Waals surface area contributed by atoms with Crippen molar-refractivity contribution in [1.29, 1.82) is 0 Å². The van der Waals surface area contributed by atoms with Crippen molar-refractivity contribution in [2.45, 2.75) is 6.92 Å². The van der Waals surface area contributed by atoms with Crippen molar-refractivity contribution in [3.63, 3.8) is 0 Å². The second kappa shape index (κ2) is 12.4. The van der Waals surface area contributed by atoms with Gasteiger partial charge in [0, 0.05) is 59.4 Å². The number of thiol groups is 1. The molecular weight excluding hydrogens is 538 g/mol. The lowest BCUT2D eigenvalue weighted by Gasteiger charge is -2.35. The maximum atomic E-state index is 12.8. The number of aromatic nitrogens is 1. The van der Waals surface area contributed by atoms with Gasteiger partial charge in [-0.2, -0.15) is 4.36 Å². The summed E-state index contributed by atoms with van der Waals surface area (Å²) in [6, 6.07) is 9.63. The summed E-state index contributed by atoms with van der Waals surface area (Å²) in [5.41, 5.74) is 2.50. The van der Waals surface area contributed by atoms with Gasteiger partial charge in [-0.1, -0.05) is 28.0 Å². The summed E-state index contributed by atoms with van der Waals surface area (Å²) in [6.07, 6.45) is 4.28. The van der Waals surface area contributed by atoms with Crippen molar-refractivity contribution in [2.24, 2.45) is 4.36 Å². The molecule has 13 heteroatoms. The van der Waals surface area contributed by atoms with E-state index in [9.17, 15) is 23.7 Å². The van der Waals surface area contributed by atoms with Crippen LogP contribution in [-0.2, 0) is 14.9 Å². The van der Waals surface area contributed by atoms with Crippen LogP contribution in [0.25, 0.3) is 0 Å². The predicted molar refractivity (Wildman–Crippen MR) is 149 cm³/mol. The largest absolute Gasteiger partial charge is 0.480 e. The number of anilines is 1. The molecule has 3 aromatic rings. The van der Waals surface area contributed by atoms with Crippen molar-refractivity contribution in [3.8, 4) is 11.8 Å². The number of carbonyl (C=O) groups excluding carboxylic acids is 3. The van der Waals surface area contributed by atoms with Crippen LogP contribution in [0.15, 0.2) is 63.8 Å². The summed E-state index contributed by atoms with van der Waals surface area (Å²) in [6.45, 7) is 1.57. The lowest BCUT2D eigenvalue weighted by Crippen LogP contribution is -2.50. The minimum absolute atomic E-state index is 0.124. The van der Waals surface area contributed by atoms with Crippen molar-refractivity contribution < 1.29 is 33.3 Å². The summed E-state index contributed by atoms with van der Waals surface area (Å²) in [4.78, 5) is 53.3. The fourth-order valence-electron chi connectivity index (χ4n) is 3.82. The van der Waals surface area contributed by atoms with Crippen LogP contribution in [0.3, 0.4) is 0 Å². The molecule has 1 fully saturated rings. The van der Waals surface area contributed by atoms with E-state index in [2.05, 4.69) is 31.8 Å². The van der Waals surface area contributed by atoms with E-state index in [1.54, 1.807) is 37.3 Å². The maximum absolute atomic E-state index is 12.8. The van der Waals surface area contributed by atoms with Crippen LogP contribution in [0.2, 0.25) is 0 Å². The number of benzene rings is 1. The van der Waals surface area contributed by atoms with Gasteiger partial charge < -0.3 is 29.6 Å². The topological polar surface area (TPSA) is 174 Å². The third-order valence-corrected chi connectivity index (χ3v) is 8.32. The van der Waals surface area contributed by atoms with Crippen LogP contribution >= 0.6 is 0 Å². The molecule has 1 aliphatic rings. The average Bonchev–Trinajstić information content (AvgIpc) is 3.37. The fraction of sp³-hybridized carbons (Fsp3) is 0.222.